The van der Waals surface area contributed by atoms with Crippen LogP contribution in [0.2, 0.25) is 0 Å². The highest BCUT2D eigenvalue weighted by molar-refractivity contribution is 7.91. The Kier molecular flexibility index (Phi) is 7.27. The Morgan fingerprint density at radius 2 is 2.05 bits per heavy atom. The van der Waals surface area contributed by atoms with Gasteiger partial charge in [-0.2, -0.15) is 4.31 Å². The van der Waals surface area contributed by atoms with Crippen LogP contribution >= 0.6 is 23.7 Å². The van der Waals surface area contributed by atoms with Crippen LogP contribution in [-0.2, 0) is 10.0 Å². The topological polar surface area (TPSA) is 92.5 Å². The van der Waals surface area contributed by atoms with Crippen molar-refractivity contribution >= 4 is 39.7 Å². The molecular weight excluding hydrogens is 346 g/mol. The third-order valence-electron chi connectivity index (χ3n) is 3.57. The van der Waals surface area contributed by atoms with Crippen LogP contribution < -0.4 is 11.1 Å². The van der Waals surface area contributed by atoms with E-state index in [4.69, 9.17) is 5.73 Å². The van der Waals surface area contributed by atoms with Gasteiger partial charge in [0, 0.05) is 26.2 Å². The molecule has 3 N–H and O–H groups in total. The maximum atomic E-state index is 12.5. The molecule has 9 heteroatoms. The minimum atomic E-state index is -3.47. The Morgan fingerprint density at radius 1 is 1.41 bits per heavy atom. The summed E-state index contributed by atoms with van der Waals surface area (Å²) in [5.74, 6) is 0.288. The molecule has 0 saturated carbocycles. The number of carbonyl (C=O) groups excluding carboxylic acids is 1. The van der Waals surface area contributed by atoms with Crippen molar-refractivity contribution in [2.75, 3.05) is 26.2 Å². The molecule has 0 bridgehead atoms. The molecule has 2 heterocycles. The molecule has 1 aliphatic rings. The van der Waals surface area contributed by atoms with Crippen LogP contribution in [-0.4, -0.2) is 44.8 Å². The van der Waals surface area contributed by atoms with Gasteiger partial charge in [0.05, 0.1) is 4.88 Å². The molecule has 22 heavy (non-hydrogen) atoms. The van der Waals surface area contributed by atoms with Gasteiger partial charge in [-0.1, -0.05) is 6.92 Å². The largest absolute Gasteiger partial charge is 0.350 e. The Morgan fingerprint density at radius 3 is 2.64 bits per heavy atom. The number of piperidine rings is 1. The quantitative estimate of drug-likeness (QED) is 0.819. The average molecular weight is 368 g/mol. The highest BCUT2D eigenvalue weighted by Crippen LogP contribution is 2.28. The number of halogens is 1. The van der Waals surface area contributed by atoms with Gasteiger partial charge in [0.15, 0.2) is 0 Å². The molecule has 6 nitrogen and oxygen atoms in total. The number of nitrogens with zero attached hydrogens (tertiary/aromatic N) is 1. The lowest BCUT2D eigenvalue weighted by Crippen LogP contribution is -2.37. The summed E-state index contributed by atoms with van der Waals surface area (Å²) in [5.41, 5.74) is 5.32. The summed E-state index contributed by atoms with van der Waals surface area (Å²) in [4.78, 5) is 12.2. The molecular formula is C13H22ClN3O3S2. The van der Waals surface area contributed by atoms with Crippen LogP contribution in [0.4, 0.5) is 0 Å². The monoisotopic (exact) mass is 367 g/mol. The molecule has 0 atom stereocenters. The summed E-state index contributed by atoms with van der Waals surface area (Å²) in [7, 11) is -3.47. The average Bonchev–Trinajstić information content (AvgIpc) is 2.96. The van der Waals surface area contributed by atoms with E-state index < -0.39 is 10.0 Å². The molecule has 1 aromatic rings. The first-order valence-corrected chi connectivity index (χ1v) is 9.29. The Balaban J connectivity index is 0.00000242. The van der Waals surface area contributed by atoms with Gasteiger partial charge in [-0.05, 0) is 30.9 Å². The van der Waals surface area contributed by atoms with Crippen LogP contribution in [0.15, 0.2) is 16.3 Å². The lowest BCUT2D eigenvalue weighted by atomic mass is 10.0. The molecule has 126 valence electrons. The fourth-order valence-electron chi connectivity index (χ4n) is 2.21. The fraction of sp³-hybridized carbons (Fsp3) is 0.615. The number of amides is 1. The number of hydrogen-bond acceptors (Lipinski definition) is 5. The number of carbonyl (C=O) groups is 1. The molecule has 0 spiro atoms. The van der Waals surface area contributed by atoms with E-state index in [2.05, 4.69) is 12.2 Å². The summed E-state index contributed by atoms with van der Waals surface area (Å²) in [6.45, 7) is 3.97. The molecule has 0 aromatic carbocycles. The smallest absolute Gasteiger partial charge is 0.261 e. The molecule has 0 radical (unpaired) electrons. The first-order chi connectivity index (χ1) is 9.95. The minimum absolute atomic E-state index is 0. The summed E-state index contributed by atoms with van der Waals surface area (Å²) < 4.78 is 26.8. The summed E-state index contributed by atoms with van der Waals surface area (Å²) in [6.07, 6.45) is 1.77. The molecule has 1 aliphatic heterocycles. The van der Waals surface area contributed by atoms with Crippen LogP contribution in [0.1, 0.15) is 29.4 Å². The zero-order valence-corrected chi connectivity index (χ0v) is 14.9. The van der Waals surface area contributed by atoms with Crippen molar-refractivity contribution in [1.82, 2.24) is 9.62 Å². The summed E-state index contributed by atoms with van der Waals surface area (Å²) >= 11 is 1.01. The van der Waals surface area contributed by atoms with Crippen LogP contribution in [0.5, 0.6) is 0 Å². The van der Waals surface area contributed by atoms with Gasteiger partial charge in [-0.3, -0.25) is 4.79 Å². The molecule has 1 saturated heterocycles. The predicted molar refractivity (Wildman–Crippen MR) is 90.1 cm³/mol. The van der Waals surface area contributed by atoms with E-state index in [9.17, 15) is 13.2 Å². The second-order valence-corrected chi connectivity index (χ2v) is 8.50. The van der Waals surface area contributed by atoms with Crippen molar-refractivity contribution in [3.63, 3.8) is 0 Å². The molecule has 0 aliphatic carbocycles. The minimum Gasteiger partial charge on any atom is -0.350 e. The van der Waals surface area contributed by atoms with E-state index >= 15 is 0 Å². The first kappa shape index (κ1) is 19.4. The normalized spacial score (nSPS) is 17.0. The van der Waals surface area contributed by atoms with Crippen molar-refractivity contribution in [2.24, 2.45) is 11.7 Å². The van der Waals surface area contributed by atoms with Gasteiger partial charge in [0.1, 0.15) is 4.21 Å². The maximum Gasteiger partial charge on any atom is 0.261 e. The van der Waals surface area contributed by atoms with Crippen molar-refractivity contribution in [3.05, 3.63) is 17.0 Å². The van der Waals surface area contributed by atoms with E-state index in [1.807, 2.05) is 0 Å². The van der Waals surface area contributed by atoms with Gasteiger partial charge >= 0.3 is 0 Å². The second-order valence-electron chi connectivity index (χ2n) is 5.25. The van der Waals surface area contributed by atoms with Crippen molar-refractivity contribution in [1.29, 1.82) is 0 Å². The predicted octanol–water partition coefficient (Wildman–Crippen LogP) is 1.28. The van der Waals surface area contributed by atoms with Crippen LogP contribution in [0, 0.1) is 5.92 Å². The SMILES string of the molecule is CC1CCN(S(=O)(=O)c2ccc(C(=O)NCCN)s2)CC1.Cl. The van der Waals surface area contributed by atoms with Crippen molar-refractivity contribution in [3.8, 4) is 0 Å². The van der Waals surface area contributed by atoms with Crippen LogP contribution in [0.25, 0.3) is 0 Å². The second kappa shape index (κ2) is 8.26. The van der Waals surface area contributed by atoms with Gasteiger partial charge in [-0.15, -0.1) is 23.7 Å². The Labute approximate surface area is 141 Å². The van der Waals surface area contributed by atoms with Crippen LogP contribution in [0.3, 0.4) is 0 Å². The maximum absolute atomic E-state index is 12.5. The van der Waals surface area contributed by atoms with E-state index in [1.54, 1.807) is 6.07 Å². The number of sulfonamides is 1. The zero-order chi connectivity index (χ0) is 15.5. The standard InChI is InChI=1S/C13H21N3O3S2.ClH/c1-10-4-8-16(9-5-10)21(18,19)12-3-2-11(20-12)13(17)15-7-6-14;/h2-3,10H,4-9,14H2,1H3,(H,15,17);1H. The van der Waals surface area contributed by atoms with E-state index in [1.165, 1.54) is 10.4 Å². The highest BCUT2D eigenvalue weighted by Gasteiger charge is 2.29. The van der Waals surface area contributed by atoms with Gasteiger partial charge < -0.3 is 11.1 Å². The third-order valence-corrected chi connectivity index (χ3v) is 7.02. The Bertz CT molecular complexity index is 595. The molecule has 1 fully saturated rings. The number of hydrogen-bond donors (Lipinski definition) is 2. The first-order valence-electron chi connectivity index (χ1n) is 7.03. The lowest BCUT2D eigenvalue weighted by molar-refractivity contribution is 0.0959. The Hall–Kier alpha value is -0.670. The highest BCUT2D eigenvalue weighted by atomic mass is 35.5. The lowest BCUT2D eigenvalue weighted by Gasteiger charge is -2.28. The number of rotatable bonds is 5. The van der Waals surface area contributed by atoms with Gasteiger partial charge in [0.2, 0.25) is 0 Å². The van der Waals surface area contributed by atoms with Crippen molar-refractivity contribution in [2.45, 2.75) is 24.0 Å². The van der Waals surface area contributed by atoms with Gasteiger partial charge in [-0.25, -0.2) is 8.42 Å². The summed E-state index contributed by atoms with van der Waals surface area (Å²) in [5, 5.41) is 2.64. The van der Waals surface area contributed by atoms with Gasteiger partial charge in [0.25, 0.3) is 15.9 Å². The number of nitrogens with two attached hydrogens (primary N) is 1. The third kappa shape index (κ3) is 4.42. The number of thiophene rings is 1. The molecule has 1 amide bonds. The van der Waals surface area contributed by atoms with E-state index in [0.29, 0.717) is 37.0 Å². The summed E-state index contributed by atoms with van der Waals surface area (Å²) in [6, 6.07) is 3.06. The van der Waals surface area contributed by atoms with E-state index in [-0.39, 0.29) is 22.5 Å². The molecule has 1 aromatic heterocycles. The number of nitrogens with one attached hydrogen (secondary N) is 1. The zero-order valence-electron chi connectivity index (χ0n) is 12.4. The van der Waals surface area contributed by atoms with Crippen molar-refractivity contribution < 1.29 is 13.2 Å². The van der Waals surface area contributed by atoms with E-state index in [0.717, 1.165) is 24.2 Å². The fourth-order valence-corrected chi connectivity index (χ4v) is 5.05. The molecule has 0 unspecified atom stereocenters. The molecule has 2 rings (SSSR count).